The Morgan fingerprint density at radius 1 is 1.32 bits per heavy atom. The molecule has 3 aromatic rings. The maximum Gasteiger partial charge on any atom is 0.252 e. The zero-order valence-corrected chi connectivity index (χ0v) is 14.7. The van der Waals surface area contributed by atoms with Crippen LogP contribution in [-0.4, -0.2) is 38.4 Å². The van der Waals surface area contributed by atoms with Crippen LogP contribution in [0, 0.1) is 6.92 Å². The topological polar surface area (TPSA) is 80.0 Å². The molecule has 6 nitrogen and oxygen atoms in total. The lowest BCUT2D eigenvalue weighted by molar-refractivity contribution is 0.0936. The van der Waals surface area contributed by atoms with Crippen molar-refractivity contribution < 1.29 is 9.90 Å². The standard InChI is InChI=1S/C19H22N4O2/c1-12(9-10-24)20-19(25)15-11-16(14-7-5-4-6-8-14)21-18-17(15)13(2)22-23(18)3/h4-8,11-12,24H,9-10H2,1-3H3,(H,20,25). The fraction of sp³-hybridized carbons (Fsp3) is 0.316. The van der Waals surface area contributed by atoms with Crippen LogP contribution in [0.5, 0.6) is 0 Å². The van der Waals surface area contributed by atoms with Gasteiger partial charge >= 0.3 is 0 Å². The second-order valence-electron chi connectivity index (χ2n) is 6.22. The Labute approximate surface area is 146 Å². The minimum absolute atomic E-state index is 0.0361. The van der Waals surface area contributed by atoms with E-state index < -0.39 is 0 Å². The molecule has 0 bridgehead atoms. The van der Waals surface area contributed by atoms with E-state index in [9.17, 15) is 4.79 Å². The van der Waals surface area contributed by atoms with Crippen molar-refractivity contribution in [3.63, 3.8) is 0 Å². The summed E-state index contributed by atoms with van der Waals surface area (Å²) in [6.07, 6.45) is 0.511. The third-order valence-electron chi connectivity index (χ3n) is 4.22. The van der Waals surface area contributed by atoms with Gasteiger partial charge in [0.2, 0.25) is 0 Å². The molecule has 2 heterocycles. The van der Waals surface area contributed by atoms with Crippen molar-refractivity contribution in [3.8, 4) is 11.3 Å². The number of benzene rings is 1. The molecular weight excluding hydrogens is 316 g/mol. The number of hydrogen-bond acceptors (Lipinski definition) is 4. The number of aliphatic hydroxyl groups excluding tert-OH is 1. The van der Waals surface area contributed by atoms with Gasteiger partial charge in [0, 0.05) is 25.3 Å². The number of carbonyl (C=O) groups is 1. The van der Waals surface area contributed by atoms with E-state index in [2.05, 4.69) is 10.4 Å². The normalized spacial score (nSPS) is 12.3. The molecule has 1 atom stereocenters. The molecule has 0 spiro atoms. The quantitative estimate of drug-likeness (QED) is 0.749. The van der Waals surface area contributed by atoms with Gasteiger partial charge in [-0.15, -0.1) is 0 Å². The Morgan fingerprint density at radius 2 is 2.04 bits per heavy atom. The van der Waals surface area contributed by atoms with Crippen LogP contribution in [0.1, 0.15) is 29.4 Å². The predicted octanol–water partition coefficient (Wildman–Crippen LogP) is 2.44. The first-order valence-corrected chi connectivity index (χ1v) is 8.32. The second kappa shape index (κ2) is 7.03. The Kier molecular flexibility index (Phi) is 4.81. The van der Waals surface area contributed by atoms with Crippen LogP contribution in [0.3, 0.4) is 0 Å². The van der Waals surface area contributed by atoms with Gasteiger partial charge in [-0.05, 0) is 26.3 Å². The van der Waals surface area contributed by atoms with Crippen molar-refractivity contribution in [1.29, 1.82) is 0 Å². The van der Waals surface area contributed by atoms with Gasteiger partial charge in [-0.25, -0.2) is 4.98 Å². The van der Waals surface area contributed by atoms with E-state index in [1.807, 2.05) is 57.3 Å². The molecule has 6 heteroatoms. The van der Waals surface area contributed by atoms with Crippen LogP contribution in [0.15, 0.2) is 36.4 Å². The van der Waals surface area contributed by atoms with Gasteiger partial charge in [-0.3, -0.25) is 9.48 Å². The molecule has 1 unspecified atom stereocenters. The number of carbonyl (C=O) groups excluding carboxylic acids is 1. The number of aromatic nitrogens is 3. The number of pyridine rings is 1. The number of fused-ring (bicyclic) bond motifs is 1. The molecule has 0 aliphatic heterocycles. The van der Waals surface area contributed by atoms with E-state index in [0.717, 1.165) is 22.3 Å². The van der Waals surface area contributed by atoms with Crippen LogP contribution >= 0.6 is 0 Å². The monoisotopic (exact) mass is 338 g/mol. The molecule has 3 rings (SSSR count). The highest BCUT2D eigenvalue weighted by Gasteiger charge is 2.20. The van der Waals surface area contributed by atoms with Gasteiger partial charge in [0.25, 0.3) is 5.91 Å². The minimum atomic E-state index is -0.179. The zero-order valence-electron chi connectivity index (χ0n) is 14.7. The van der Waals surface area contributed by atoms with Gasteiger partial charge in [0.05, 0.1) is 22.3 Å². The molecular formula is C19H22N4O2. The van der Waals surface area contributed by atoms with E-state index in [4.69, 9.17) is 10.1 Å². The fourth-order valence-electron chi connectivity index (χ4n) is 2.95. The molecule has 0 radical (unpaired) electrons. The summed E-state index contributed by atoms with van der Waals surface area (Å²) in [4.78, 5) is 17.5. The lowest BCUT2D eigenvalue weighted by Crippen LogP contribution is -2.33. The molecule has 130 valence electrons. The van der Waals surface area contributed by atoms with Crippen molar-refractivity contribution >= 4 is 16.9 Å². The highest BCUT2D eigenvalue weighted by molar-refractivity contribution is 6.07. The fourth-order valence-corrected chi connectivity index (χ4v) is 2.95. The van der Waals surface area contributed by atoms with Crippen molar-refractivity contribution in [2.24, 2.45) is 7.05 Å². The summed E-state index contributed by atoms with van der Waals surface area (Å²) < 4.78 is 1.70. The highest BCUT2D eigenvalue weighted by atomic mass is 16.3. The molecule has 0 aliphatic rings. The van der Waals surface area contributed by atoms with E-state index >= 15 is 0 Å². The van der Waals surface area contributed by atoms with Crippen LogP contribution < -0.4 is 5.32 Å². The maximum absolute atomic E-state index is 12.8. The van der Waals surface area contributed by atoms with E-state index in [0.29, 0.717) is 17.6 Å². The van der Waals surface area contributed by atoms with Crippen LogP contribution in [0.25, 0.3) is 22.3 Å². The lowest BCUT2D eigenvalue weighted by atomic mass is 10.0. The van der Waals surface area contributed by atoms with Gasteiger partial charge in [-0.2, -0.15) is 5.10 Å². The molecule has 0 aliphatic carbocycles. The zero-order chi connectivity index (χ0) is 18.0. The third-order valence-corrected chi connectivity index (χ3v) is 4.22. The summed E-state index contributed by atoms with van der Waals surface area (Å²) in [5.41, 5.74) is 3.68. The maximum atomic E-state index is 12.8. The largest absolute Gasteiger partial charge is 0.396 e. The number of amides is 1. The number of aliphatic hydroxyl groups is 1. The third kappa shape index (κ3) is 3.39. The molecule has 25 heavy (non-hydrogen) atoms. The number of aryl methyl sites for hydroxylation is 2. The first-order chi connectivity index (χ1) is 12.0. The molecule has 2 N–H and O–H groups in total. The summed E-state index contributed by atoms with van der Waals surface area (Å²) in [6, 6.07) is 11.5. The van der Waals surface area contributed by atoms with Crippen molar-refractivity contribution in [1.82, 2.24) is 20.1 Å². The van der Waals surface area contributed by atoms with Crippen LogP contribution in [0.2, 0.25) is 0 Å². The summed E-state index contributed by atoms with van der Waals surface area (Å²) >= 11 is 0. The second-order valence-corrected chi connectivity index (χ2v) is 6.22. The van der Waals surface area contributed by atoms with Crippen LogP contribution in [-0.2, 0) is 7.05 Å². The average Bonchev–Trinajstić information content (AvgIpc) is 2.89. The molecule has 2 aromatic heterocycles. The summed E-state index contributed by atoms with van der Waals surface area (Å²) in [5, 5.41) is 17.2. The summed E-state index contributed by atoms with van der Waals surface area (Å²) in [7, 11) is 1.83. The van der Waals surface area contributed by atoms with Gasteiger partial charge < -0.3 is 10.4 Å². The number of rotatable bonds is 5. The van der Waals surface area contributed by atoms with Crippen molar-refractivity contribution in [3.05, 3.63) is 47.7 Å². The predicted molar refractivity (Wildman–Crippen MR) is 97.3 cm³/mol. The lowest BCUT2D eigenvalue weighted by Gasteiger charge is -2.14. The van der Waals surface area contributed by atoms with E-state index in [-0.39, 0.29) is 18.6 Å². The molecule has 0 fully saturated rings. The molecule has 1 amide bonds. The Bertz CT molecular complexity index is 903. The smallest absolute Gasteiger partial charge is 0.252 e. The molecule has 0 saturated carbocycles. The van der Waals surface area contributed by atoms with Gasteiger partial charge in [0.15, 0.2) is 5.65 Å². The van der Waals surface area contributed by atoms with E-state index in [1.165, 1.54) is 0 Å². The van der Waals surface area contributed by atoms with Crippen molar-refractivity contribution in [2.75, 3.05) is 6.61 Å². The van der Waals surface area contributed by atoms with Crippen molar-refractivity contribution in [2.45, 2.75) is 26.3 Å². The Hall–Kier alpha value is -2.73. The van der Waals surface area contributed by atoms with E-state index in [1.54, 1.807) is 4.68 Å². The molecule has 1 aromatic carbocycles. The average molecular weight is 338 g/mol. The Balaban J connectivity index is 2.13. The number of nitrogens with one attached hydrogen (secondary N) is 1. The first kappa shape index (κ1) is 17.1. The first-order valence-electron chi connectivity index (χ1n) is 8.32. The molecule has 0 saturated heterocycles. The Morgan fingerprint density at radius 3 is 2.72 bits per heavy atom. The van der Waals surface area contributed by atoms with Crippen LogP contribution in [0.4, 0.5) is 0 Å². The summed E-state index contributed by atoms with van der Waals surface area (Å²) in [6.45, 7) is 3.79. The summed E-state index contributed by atoms with van der Waals surface area (Å²) in [5.74, 6) is -0.179. The number of nitrogens with zero attached hydrogens (tertiary/aromatic N) is 3. The minimum Gasteiger partial charge on any atom is -0.396 e. The van der Waals surface area contributed by atoms with Gasteiger partial charge in [-0.1, -0.05) is 30.3 Å². The SMILES string of the molecule is Cc1nn(C)c2nc(-c3ccccc3)cc(C(=O)NC(C)CCO)c12. The number of hydrogen-bond donors (Lipinski definition) is 2. The van der Waals surface area contributed by atoms with Gasteiger partial charge in [0.1, 0.15) is 0 Å². The highest BCUT2D eigenvalue weighted by Crippen LogP contribution is 2.26.